The first-order chi connectivity index (χ1) is 8.81. The first kappa shape index (κ1) is 14.8. The monoisotopic (exact) mass is 284 g/mol. The molecule has 2 heterocycles. The van der Waals surface area contributed by atoms with Gasteiger partial charge in [-0.1, -0.05) is 32.1 Å². The lowest BCUT2D eigenvalue weighted by Crippen LogP contribution is -2.45. The number of hydrogen-bond donors (Lipinski definition) is 1. The quantitative estimate of drug-likeness (QED) is 0.906. The molecular weight excluding hydrogens is 260 g/mol. The summed E-state index contributed by atoms with van der Waals surface area (Å²) in [6, 6.07) is 0. The molecule has 0 spiro atoms. The van der Waals surface area contributed by atoms with E-state index in [0.29, 0.717) is 0 Å². The Kier molecular flexibility index (Phi) is 4.18. The Morgan fingerprint density at radius 3 is 2.32 bits per heavy atom. The molecule has 1 aromatic heterocycles. The summed E-state index contributed by atoms with van der Waals surface area (Å²) in [5.41, 5.74) is 0.984. The van der Waals surface area contributed by atoms with Crippen molar-refractivity contribution in [2.24, 2.45) is 0 Å². The molecule has 1 saturated heterocycles. The Labute approximate surface area is 119 Å². The van der Waals surface area contributed by atoms with Crippen molar-refractivity contribution >= 4 is 16.5 Å². The Morgan fingerprint density at radius 2 is 1.89 bits per heavy atom. The van der Waals surface area contributed by atoms with E-state index >= 15 is 0 Å². The zero-order valence-electron chi connectivity index (χ0n) is 12.4. The van der Waals surface area contributed by atoms with Gasteiger partial charge < -0.3 is 14.7 Å². The molecule has 108 valence electrons. The van der Waals surface area contributed by atoms with Gasteiger partial charge in [-0.15, -0.1) is 0 Å². The minimum absolute atomic E-state index is 0.0314. The van der Waals surface area contributed by atoms with Crippen LogP contribution in [0.1, 0.15) is 45.2 Å². The number of aliphatic hydroxyl groups is 1. The average molecular weight is 284 g/mol. The molecule has 1 N–H and O–H groups in total. The fourth-order valence-corrected chi connectivity index (χ4v) is 3.65. The molecule has 2 rings (SSSR count). The Bertz CT molecular complexity index is 429. The van der Waals surface area contributed by atoms with Crippen molar-refractivity contribution in [1.29, 1.82) is 0 Å². The van der Waals surface area contributed by atoms with Gasteiger partial charge >= 0.3 is 0 Å². The third-order valence-corrected chi connectivity index (χ3v) is 4.33. The molecule has 0 aromatic carbocycles. The SMILES string of the molecule is C[C@@H]1CN(c2nc(C(C)(C)C)c(CO)s2)C[C@H](C)O1. The number of anilines is 1. The standard InChI is InChI=1S/C14H24N2O2S/c1-9-6-16(7-10(2)18-9)13-15-12(14(3,4)5)11(8-17)19-13/h9-10,17H,6-8H2,1-5H3/t9-,10+. The van der Waals surface area contributed by atoms with Crippen LogP contribution < -0.4 is 4.90 Å². The van der Waals surface area contributed by atoms with E-state index in [0.717, 1.165) is 28.8 Å². The molecule has 0 saturated carbocycles. The highest BCUT2D eigenvalue weighted by Crippen LogP contribution is 2.34. The van der Waals surface area contributed by atoms with E-state index in [4.69, 9.17) is 9.72 Å². The largest absolute Gasteiger partial charge is 0.391 e. The second kappa shape index (κ2) is 5.38. The second-order valence-corrected chi connectivity index (χ2v) is 7.40. The lowest BCUT2D eigenvalue weighted by atomic mass is 9.91. The average Bonchev–Trinajstić information content (AvgIpc) is 2.71. The topological polar surface area (TPSA) is 45.6 Å². The van der Waals surface area contributed by atoms with Crippen molar-refractivity contribution in [3.63, 3.8) is 0 Å². The number of ether oxygens (including phenoxy) is 1. The summed E-state index contributed by atoms with van der Waals surface area (Å²) in [5, 5.41) is 10.5. The molecule has 0 unspecified atom stereocenters. The van der Waals surface area contributed by atoms with Gasteiger partial charge in [-0.05, 0) is 13.8 Å². The first-order valence-corrected chi connectivity index (χ1v) is 7.64. The number of aromatic nitrogens is 1. The number of nitrogens with zero attached hydrogens (tertiary/aromatic N) is 2. The number of thiazole rings is 1. The van der Waals surface area contributed by atoms with Crippen LogP contribution in [0.5, 0.6) is 0 Å². The van der Waals surface area contributed by atoms with E-state index in [2.05, 4.69) is 39.5 Å². The highest BCUT2D eigenvalue weighted by atomic mass is 32.1. The van der Waals surface area contributed by atoms with Crippen molar-refractivity contribution in [2.75, 3.05) is 18.0 Å². The Balaban J connectivity index is 2.28. The highest BCUT2D eigenvalue weighted by Gasteiger charge is 2.28. The molecule has 0 radical (unpaired) electrons. The van der Waals surface area contributed by atoms with Crippen LogP contribution in [-0.2, 0) is 16.8 Å². The third kappa shape index (κ3) is 3.27. The van der Waals surface area contributed by atoms with Gasteiger partial charge in [0.1, 0.15) is 0 Å². The van der Waals surface area contributed by atoms with E-state index in [9.17, 15) is 5.11 Å². The summed E-state index contributed by atoms with van der Waals surface area (Å²) in [5.74, 6) is 0. The molecule has 1 aliphatic rings. The summed E-state index contributed by atoms with van der Waals surface area (Å²) in [6.45, 7) is 12.4. The van der Waals surface area contributed by atoms with Gasteiger partial charge in [0.15, 0.2) is 5.13 Å². The third-order valence-electron chi connectivity index (χ3n) is 3.23. The molecule has 0 amide bonds. The van der Waals surface area contributed by atoms with Crippen LogP contribution in [0.2, 0.25) is 0 Å². The van der Waals surface area contributed by atoms with Gasteiger partial charge in [-0.2, -0.15) is 0 Å². The molecule has 1 aliphatic heterocycles. The molecule has 1 aromatic rings. The number of rotatable bonds is 2. The minimum atomic E-state index is -0.0314. The van der Waals surface area contributed by atoms with Gasteiger partial charge in [0.2, 0.25) is 0 Å². The van der Waals surface area contributed by atoms with Gasteiger partial charge in [0.05, 0.1) is 29.4 Å². The zero-order chi connectivity index (χ0) is 14.2. The number of aliphatic hydroxyl groups excluding tert-OH is 1. The van der Waals surface area contributed by atoms with Gasteiger partial charge in [0, 0.05) is 18.5 Å². The van der Waals surface area contributed by atoms with Crippen LogP contribution in [0.4, 0.5) is 5.13 Å². The molecule has 19 heavy (non-hydrogen) atoms. The predicted octanol–water partition coefficient (Wildman–Crippen LogP) is 2.55. The molecule has 0 bridgehead atoms. The number of morpholine rings is 1. The maximum atomic E-state index is 9.52. The molecule has 0 aliphatic carbocycles. The van der Waals surface area contributed by atoms with E-state index in [1.165, 1.54) is 0 Å². The van der Waals surface area contributed by atoms with E-state index < -0.39 is 0 Å². The predicted molar refractivity (Wildman–Crippen MR) is 79.0 cm³/mol. The first-order valence-electron chi connectivity index (χ1n) is 6.82. The van der Waals surface area contributed by atoms with Crippen molar-refractivity contribution in [2.45, 2.75) is 58.8 Å². The summed E-state index contributed by atoms with van der Waals surface area (Å²) >= 11 is 1.61. The lowest BCUT2D eigenvalue weighted by Gasteiger charge is -2.35. The molecule has 5 heteroatoms. The normalized spacial score (nSPS) is 24.8. The zero-order valence-corrected chi connectivity index (χ0v) is 13.3. The minimum Gasteiger partial charge on any atom is -0.391 e. The lowest BCUT2D eigenvalue weighted by molar-refractivity contribution is -0.00523. The summed E-state index contributed by atoms with van der Waals surface area (Å²) in [7, 11) is 0. The van der Waals surface area contributed by atoms with Crippen LogP contribution in [0, 0.1) is 0 Å². The maximum Gasteiger partial charge on any atom is 0.186 e. The molecular formula is C14H24N2O2S. The Morgan fingerprint density at radius 1 is 1.32 bits per heavy atom. The summed E-state index contributed by atoms with van der Waals surface area (Å²) in [6.07, 6.45) is 0.451. The highest BCUT2D eigenvalue weighted by molar-refractivity contribution is 7.15. The molecule has 1 fully saturated rings. The van der Waals surface area contributed by atoms with E-state index in [1.54, 1.807) is 11.3 Å². The van der Waals surface area contributed by atoms with E-state index in [-0.39, 0.29) is 24.2 Å². The van der Waals surface area contributed by atoms with Crippen LogP contribution in [0.25, 0.3) is 0 Å². The van der Waals surface area contributed by atoms with Crippen molar-refractivity contribution in [3.8, 4) is 0 Å². The summed E-state index contributed by atoms with van der Waals surface area (Å²) < 4.78 is 5.75. The van der Waals surface area contributed by atoms with E-state index in [1.807, 2.05) is 0 Å². The molecule has 2 atom stereocenters. The van der Waals surface area contributed by atoms with Crippen LogP contribution in [0.15, 0.2) is 0 Å². The van der Waals surface area contributed by atoms with Gasteiger partial charge in [-0.25, -0.2) is 4.98 Å². The van der Waals surface area contributed by atoms with Gasteiger partial charge in [-0.3, -0.25) is 0 Å². The van der Waals surface area contributed by atoms with Crippen LogP contribution >= 0.6 is 11.3 Å². The number of hydrogen-bond acceptors (Lipinski definition) is 5. The second-order valence-electron chi connectivity index (χ2n) is 6.34. The fraction of sp³-hybridized carbons (Fsp3) is 0.786. The fourth-order valence-electron chi connectivity index (χ4n) is 2.50. The molecule has 4 nitrogen and oxygen atoms in total. The van der Waals surface area contributed by atoms with Crippen molar-refractivity contribution in [3.05, 3.63) is 10.6 Å². The smallest absolute Gasteiger partial charge is 0.186 e. The van der Waals surface area contributed by atoms with Crippen LogP contribution in [-0.4, -0.2) is 35.4 Å². The van der Waals surface area contributed by atoms with Crippen molar-refractivity contribution in [1.82, 2.24) is 4.98 Å². The van der Waals surface area contributed by atoms with Crippen LogP contribution in [0.3, 0.4) is 0 Å². The van der Waals surface area contributed by atoms with Crippen molar-refractivity contribution < 1.29 is 9.84 Å². The van der Waals surface area contributed by atoms with Gasteiger partial charge in [0.25, 0.3) is 0 Å². The maximum absolute atomic E-state index is 9.52. The Hall–Kier alpha value is -0.650. The summed E-state index contributed by atoms with van der Waals surface area (Å²) in [4.78, 5) is 8.03.